The van der Waals surface area contributed by atoms with Gasteiger partial charge in [-0.3, -0.25) is 9.59 Å². The molecule has 29 heavy (non-hydrogen) atoms. The minimum Gasteiger partial charge on any atom is -0.341 e. The van der Waals surface area contributed by atoms with E-state index in [-0.39, 0.29) is 29.0 Å². The predicted molar refractivity (Wildman–Crippen MR) is 109 cm³/mol. The average Bonchev–Trinajstić information content (AvgIpc) is 2.92. The summed E-state index contributed by atoms with van der Waals surface area (Å²) in [6, 6.07) is 15.1. The molecule has 1 saturated heterocycles. The van der Waals surface area contributed by atoms with Crippen molar-refractivity contribution in [2.24, 2.45) is 16.2 Å². The highest BCUT2D eigenvalue weighted by Gasteiger charge is 2.51. The molecule has 4 rings (SSSR count). The minimum absolute atomic E-state index is 0.0307. The highest BCUT2D eigenvalue weighted by Crippen LogP contribution is 2.33. The van der Waals surface area contributed by atoms with Gasteiger partial charge in [-0.2, -0.15) is 8.42 Å². The Morgan fingerprint density at radius 3 is 2.38 bits per heavy atom. The van der Waals surface area contributed by atoms with Crippen molar-refractivity contribution in [3.8, 4) is 0 Å². The Bertz CT molecular complexity index is 1110. The first kappa shape index (κ1) is 19.3. The zero-order valence-electron chi connectivity index (χ0n) is 16.1. The topological polar surface area (TPSA) is 95.9 Å². The molecule has 2 heterocycles. The lowest BCUT2D eigenvalue weighted by Gasteiger charge is -2.26. The average molecular weight is 411 g/mol. The van der Waals surface area contributed by atoms with Crippen LogP contribution in [-0.4, -0.2) is 36.9 Å². The van der Waals surface area contributed by atoms with E-state index in [1.807, 2.05) is 44.2 Å². The van der Waals surface area contributed by atoms with Crippen LogP contribution in [0.1, 0.15) is 19.4 Å². The van der Waals surface area contributed by atoms with Crippen LogP contribution < -0.4 is 5.32 Å². The van der Waals surface area contributed by atoms with Gasteiger partial charge in [-0.25, -0.2) is 0 Å². The summed E-state index contributed by atoms with van der Waals surface area (Å²) in [7, 11) is -3.99. The second-order valence-corrected chi connectivity index (χ2v) is 9.12. The lowest BCUT2D eigenvalue weighted by atomic mass is 9.95. The molecule has 0 radical (unpaired) electrons. The summed E-state index contributed by atoms with van der Waals surface area (Å²) in [5, 5.41) is 2.90. The number of carbonyl (C=O) groups excluding carboxylic acids is 2. The largest absolute Gasteiger partial charge is 0.341 e. The van der Waals surface area contributed by atoms with Gasteiger partial charge in [0, 0.05) is 6.54 Å². The maximum atomic E-state index is 13.2. The molecule has 2 atom stereocenters. The molecule has 2 aliphatic heterocycles. The number of sulfonamides is 1. The first-order valence-electron chi connectivity index (χ1n) is 9.38. The highest BCUT2D eigenvalue weighted by molar-refractivity contribution is 7.90. The highest BCUT2D eigenvalue weighted by atomic mass is 32.2. The quantitative estimate of drug-likeness (QED) is 0.780. The monoisotopic (exact) mass is 411 g/mol. The molecule has 2 aliphatic rings. The summed E-state index contributed by atoms with van der Waals surface area (Å²) in [6.07, 6.45) is 0. The lowest BCUT2D eigenvalue weighted by Crippen LogP contribution is -2.38. The van der Waals surface area contributed by atoms with Gasteiger partial charge in [0.25, 0.3) is 10.0 Å². The van der Waals surface area contributed by atoms with E-state index in [0.717, 1.165) is 5.56 Å². The fourth-order valence-electron chi connectivity index (χ4n) is 3.90. The van der Waals surface area contributed by atoms with E-state index in [2.05, 4.69) is 9.71 Å². The number of amidine groups is 1. The Kier molecular flexibility index (Phi) is 4.74. The zero-order chi connectivity index (χ0) is 20.8. The van der Waals surface area contributed by atoms with Gasteiger partial charge < -0.3 is 10.2 Å². The molecule has 2 aromatic carbocycles. The van der Waals surface area contributed by atoms with Crippen LogP contribution in [0.2, 0.25) is 0 Å². The SMILES string of the molecule is CC(C)[C@H]1C(=O)C(C2=NS(=O)(=O)c3ccccc3N2)C(=O)N1Cc1ccccc1. The van der Waals surface area contributed by atoms with E-state index in [4.69, 9.17) is 0 Å². The Morgan fingerprint density at radius 2 is 1.69 bits per heavy atom. The van der Waals surface area contributed by atoms with Gasteiger partial charge in [-0.15, -0.1) is 4.40 Å². The third-order valence-corrected chi connectivity index (χ3v) is 6.54. The molecule has 2 aromatic rings. The molecule has 7 nitrogen and oxygen atoms in total. The standard InChI is InChI=1S/C21H21N3O4S/c1-13(2)18-19(25)17(21(26)24(18)12-14-8-4-3-5-9-14)20-22-15-10-6-7-11-16(15)29(27,28)23-20/h3-11,13,17-18H,12H2,1-2H3,(H,22,23)/t17?,18-/m0/s1. The molecule has 0 saturated carbocycles. The summed E-state index contributed by atoms with van der Waals surface area (Å²) < 4.78 is 28.9. The van der Waals surface area contributed by atoms with Gasteiger partial charge in [0.05, 0.1) is 11.7 Å². The molecule has 1 fully saturated rings. The molecule has 0 bridgehead atoms. The Labute approximate surface area is 169 Å². The number of nitrogens with one attached hydrogen (secondary N) is 1. The van der Waals surface area contributed by atoms with E-state index < -0.39 is 27.9 Å². The van der Waals surface area contributed by atoms with Crippen molar-refractivity contribution in [3.63, 3.8) is 0 Å². The van der Waals surface area contributed by atoms with Gasteiger partial charge in [0.2, 0.25) is 5.91 Å². The number of hydrogen-bond acceptors (Lipinski definition) is 5. The first-order valence-corrected chi connectivity index (χ1v) is 10.8. The number of hydrogen-bond donors (Lipinski definition) is 1. The van der Waals surface area contributed by atoms with Gasteiger partial charge in [-0.1, -0.05) is 56.3 Å². The fraction of sp³-hybridized carbons (Fsp3) is 0.286. The normalized spacial score (nSPS) is 23.0. The van der Waals surface area contributed by atoms with Crippen molar-refractivity contribution in [1.29, 1.82) is 0 Å². The molecule has 8 heteroatoms. The number of rotatable bonds is 4. The zero-order valence-corrected chi connectivity index (χ0v) is 16.9. The van der Waals surface area contributed by atoms with Crippen LogP contribution in [0.15, 0.2) is 63.9 Å². The molecule has 1 amide bonds. The number of fused-ring (bicyclic) bond motifs is 1. The fourth-order valence-corrected chi connectivity index (χ4v) is 5.06. The van der Waals surface area contributed by atoms with Crippen molar-refractivity contribution < 1.29 is 18.0 Å². The van der Waals surface area contributed by atoms with Crippen LogP contribution in [0.3, 0.4) is 0 Å². The van der Waals surface area contributed by atoms with Crippen LogP contribution >= 0.6 is 0 Å². The summed E-state index contributed by atoms with van der Waals surface area (Å²) in [5.41, 5.74) is 1.22. The number of ketones is 1. The van der Waals surface area contributed by atoms with Crippen molar-refractivity contribution in [3.05, 3.63) is 60.2 Å². The summed E-state index contributed by atoms with van der Waals surface area (Å²) in [5.74, 6) is -2.26. The number of amides is 1. The van der Waals surface area contributed by atoms with E-state index in [1.165, 1.54) is 11.0 Å². The van der Waals surface area contributed by atoms with Crippen molar-refractivity contribution in [1.82, 2.24) is 4.90 Å². The van der Waals surface area contributed by atoms with Crippen molar-refractivity contribution >= 4 is 33.2 Å². The van der Waals surface area contributed by atoms with E-state index in [1.54, 1.807) is 18.2 Å². The number of anilines is 1. The molecular weight excluding hydrogens is 390 g/mol. The molecule has 1 unspecified atom stereocenters. The summed E-state index contributed by atoms with van der Waals surface area (Å²) in [4.78, 5) is 28.0. The molecule has 0 aromatic heterocycles. The third-order valence-electron chi connectivity index (χ3n) is 5.19. The van der Waals surface area contributed by atoms with Gasteiger partial charge in [-0.05, 0) is 23.6 Å². The minimum atomic E-state index is -3.99. The van der Waals surface area contributed by atoms with E-state index in [9.17, 15) is 18.0 Å². The smallest absolute Gasteiger partial charge is 0.286 e. The number of carbonyl (C=O) groups is 2. The number of benzene rings is 2. The van der Waals surface area contributed by atoms with Gasteiger partial charge in [0.1, 0.15) is 10.7 Å². The third kappa shape index (κ3) is 3.33. The van der Waals surface area contributed by atoms with Crippen LogP contribution in [0.4, 0.5) is 5.69 Å². The maximum absolute atomic E-state index is 13.2. The number of para-hydroxylation sites is 1. The Morgan fingerprint density at radius 1 is 1.03 bits per heavy atom. The molecule has 0 aliphatic carbocycles. The molecular formula is C21H21N3O4S. The predicted octanol–water partition coefficient (Wildman–Crippen LogP) is 2.45. The van der Waals surface area contributed by atoms with Gasteiger partial charge >= 0.3 is 0 Å². The molecule has 1 N–H and O–H groups in total. The Hall–Kier alpha value is -3.00. The van der Waals surface area contributed by atoms with E-state index >= 15 is 0 Å². The second kappa shape index (κ2) is 7.11. The van der Waals surface area contributed by atoms with Crippen LogP contribution in [0.25, 0.3) is 0 Å². The van der Waals surface area contributed by atoms with Crippen LogP contribution in [0.5, 0.6) is 0 Å². The molecule has 150 valence electrons. The van der Waals surface area contributed by atoms with Crippen molar-refractivity contribution in [2.45, 2.75) is 31.3 Å². The van der Waals surface area contributed by atoms with Crippen LogP contribution in [0, 0.1) is 11.8 Å². The summed E-state index contributed by atoms with van der Waals surface area (Å²) in [6.45, 7) is 4.03. The summed E-state index contributed by atoms with van der Waals surface area (Å²) >= 11 is 0. The van der Waals surface area contributed by atoms with E-state index in [0.29, 0.717) is 5.69 Å². The Balaban J connectivity index is 1.72. The number of nitrogens with zero attached hydrogens (tertiary/aromatic N) is 2. The second-order valence-electron chi connectivity index (χ2n) is 7.55. The number of Topliss-reactive ketones (excluding diaryl/α,β-unsaturated/α-hetero) is 1. The lowest BCUT2D eigenvalue weighted by molar-refractivity contribution is -0.131. The molecule has 0 spiro atoms. The van der Waals surface area contributed by atoms with Crippen LogP contribution in [-0.2, 0) is 26.2 Å². The van der Waals surface area contributed by atoms with Crippen molar-refractivity contribution in [2.75, 3.05) is 5.32 Å². The maximum Gasteiger partial charge on any atom is 0.286 e. The first-order chi connectivity index (χ1) is 13.8. The number of likely N-dealkylation sites (tertiary alicyclic amines) is 1. The van der Waals surface area contributed by atoms with Gasteiger partial charge in [0.15, 0.2) is 11.7 Å².